The van der Waals surface area contributed by atoms with Gasteiger partial charge in [0, 0.05) is 6.08 Å². The molecule has 0 heterocycles. The van der Waals surface area contributed by atoms with Gasteiger partial charge in [-0.3, -0.25) is 0 Å². The molecule has 0 radical (unpaired) electrons. The standard InChI is InChI=1S/C10H17NO3/c12-10(13)7-6-9(11-14)8-4-2-1-3-5-8/h6-9,11,14H,1-5H2,(H,12,13)/b7-6-. The lowest BCUT2D eigenvalue weighted by molar-refractivity contribution is -0.131. The summed E-state index contributed by atoms with van der Waals surface area (Å²) in [6, 6.07) is -0.216. The molecule has 0 amide bonds. The second-order valence-electron chi connectivity index (χ2n) is 3.75. The first-order valence-corrected chi connectivity index (χ1v) is 5.05. The van der Waals surface area contributed by atoms with Crippen LogP contribution in [0.3, 0.4) is 0 Å². The predicted octanol–water partition coefficient (Wildman–Crippen LogP) is 1.55. The molecule has 1 unspecified atom stereocenters. The van der Waals surface area contributed by atoms with E-state index in [1.807, 2.05) is 0 Å². The van der Waals surface area contributed by atoms with Gasteiger partial charge in [0.1, 0.15) is 0 Å². The molecule has 1 fully saturated rings. The molecule has 4 nitrogen and oxygen atoms in total. The Morgan fingerprint density at radius 2 is 2.00 bits per heavy atom. The van der Waals surface area contributed by atoms with E-state index in [9.17, 15) is 4.79 Å². The van der Waals surface area contributed by atoms with Gasteiger partial charge < -0.3 is 10.3 Å². The summed E-state index contributed by atoms with van der Waals surface area (Å²) in [6.45, 7) is 0. The highest BCUT2D eigenvalue weighted by Gasteiger charge is 2.20. The fourth-order valence-corrected chi connectivity index (χ4v) is 1.98. The number of hydrogen-bond acceptors (Lipinski definition) is 3. The van der Waals surface area contributed by atoms with Gasteiger partial charge in [0.25, 0.3) is 0 Å². The summed E-state index contributed by atoms with van der Waals surface area (Å²) in [5, 5.41) is 17.4. The fourth-order valence-electron chi connectivity index (χ4n) is 1.98. The van der Waals surface area contributed by atoms with Gasteiger partial charge in [-0.1, -0.05) is 25.3 Å². The summed E-state index contributed by atoms with van der Waals surface area (Å²) < 4.78 is 0. The van der Waals surface area contributed by atoms with E-state index >= 15 is 0 Å². The molecule has 80 valence electrons. The maximum absolute atomic E-state index is 10.3. The van der Waals surface area contributed by atoms with Crippen molar-refractivity contribution in [3.05, 3.63) is 12.2 Å². The molecule has 0 aliphatic heterocycles. The summed E-state index contributed by atoms with van der Waals surface area (Å²) >= 11 is 0. The largest absolute Gasteiger partial charge is 0.478 e. The fraction of sp³-hybridized carbons (Fsp3) is 0.700. The normalized spacial score (nSPS) is 21.2. The summed E-state index contributed by atoms with van der Waals surface area (Å²) in [7, 11) is 0. The van der Waals surface area contributed by atoms with E-state index in [0.717, 1.165) is 18.9 Å². The number of carboxylic acids is 1. The second-order valence-corrected chi connectivity index (χ2v) is 3.75. The molecule has 4 heteroatoms. The third-order valence-corrected chi connectivity index (χ3v) is 2.75. The van der Waals surface area contributed by atoms with Crippen LogP contribution in [0.4, 0.5) is 0 Å². The van der Waals surface area contributed by atoms with Crippen LogP contribution in [0, 0.1) is 5.92 Å². The van der Waals surface area contributed by atoms with Crippen molar-refractivity contribution in [2.24, 2.45) is 5.92 Å². The SMILES string of the molecule is O=C(O)/C=C\C(NO)C1CCCCC1. The van der Waals surface area contributed by atoms with Gasteiger partial charge in [-0.05, 0) is 18.8 Å². The number of rotatable bonds is 4. The highest BCUT2D eigenvalue weighted by atomic mass is 16.5. The van der Waals surface area contributed by atoms with E-state index in [-0.39, 0.29) is 6.04 Å². The molecule has 0 aromatic carbocycles. The summed E-state index contributed by atoms with van der Waals surface area (Å²) in [4.78, 5) is 10.3. The number of hydrogen-bond donors (Lipinski definition) is 3. The minimum Gasteiger partial charge on any atom is -0.478 e. The summed E-state index contributed by atoms with van der Waals surface area (Å²) in [5.74, 6) is -0.606. The molecule has 1 aliphatic rings. The van der Waals surface area contributed by atoms with Gasteiger partial charge in [-0.25, -0.2) is 4.79 Å². The molecule has 0 aromatic heterocycles. The van der Waals surface area contributed by atoms with Crippen molar-refractivity contribution in [1.29, 1.82) is 0 Å². The highest BCUT2D eigenvalue weighted by Crippen LogP contribution is 2.26. The zero-order chi connectivity index (χ0) is 10.4. The molecule has 0 bridgehead atoms. The first-order valence-electron chi connectivity index (χ1n) is 5.05. The molecular formula is C10H17NO3. The molecule has 0 saturated heterocycles. The van der Waals surface area contributed by atoms with E-state index in [2.05, 4.69) is 5.48 Å². The lowest BCUT2D eigenvalue weighted by Gasteiger charge is -2.26. The average Bonchev–Trinajstić information content (AvgIpc) is 2.20. The molecule has 0 spiro atoms. The molecule has 3 N–H and O–H groups in total. The minimum absolute atomic E-state index is 0.216. The van der Waals surface area contributed by atoms with Gasteiger partial charge in [-0.15, -0.1) is 0 Å². The molecule has 1 atom stereocenters. The topological polar surface area (TPSA) is 69.6 Å². The van der Waals surface area contributed by atoms with Crippen LogP contribution in [0.2, 0.25) is 0 Å². The van der Waals surface area contributed by atoms with Crippen molar-refractivity contribution in [3.63, 3.8) is 0 Å². The van der Waals surface area contributed by atoms with Crippen molar-refractivity contribution in [1.82, 2.24) is 5.48 Å². The van der Waals surface area contributed by atoms with Crippen LogP contribution in [0.25, 0.3) is 0 Å². The Morgan fingerprint density at radius 1 is 1.36 bits per heavy atom. The summed E-state index contributed by atoms with van der Waals surface area (Å²) in [5.41, 5.74) is 2.18. The smallest absolute Gasteiger partial charge is 0.328 e. The Bertz CT molecular complexity index is 209. The maximum Gasteiger partial charge on any atom is 0.328 e. The minimum atomic E-state index is -0.971. The maximum atomic E-state index is 10.3. The lowest BCUT2D eigenvalue weighted by Crippen LogP contribution is -2.33. The van der Waals surface area contributed by atoms with E-state index in [0.29, 0.717) is 5.92 Å². The third-order valence-electron chi connectivity index (χ3n) is 2.75. The Labute approximate surface area is 83.6 Å². The number of carbonyl (C=O) groups is 1. The third kappa shape index (κ3) is 3.47. The van der Waals surface area contributed by atoms with E-state index in [1.165, 1.54) is 25.3 Å². The number of nitrogens with one attached hydrogen (secondary N) is 1. The highest BCUT2D eigenvalue weighted by molar-refractivity contribution is 5.79. The van der Waals surface area contributed by atoms with Crippen molar-refractivity contribution in [2.45, 2.75) is 38.1 Å². The Morgan fingerprint density at radius 3 is 2.50 bits per heavy atom. The predicted molar refractivity (Wildman–Crippen MR) is 52.1 cm³/mol. The number of hydroxylamine groups is 1. The average molecular weight is 199 g/mol. The Hall–Kier alpha value is -0.870. The molecule has 1 rings (SSSR count). The van der Waals surface area contributed by atoms with E-state index < -0.39 is 5.97 Å². The van der Waals surface area contributed by atoms with Gasteiger partial charge in [0.2, 0.25) is 0 Å². The molecule has 0 aromatic rings. The van der Waals surface area contributed by atoms with Crippen LogP contribution in [0.1, 0.15) is 32.1 Å². The van der Waals surface area contributed by atoms with Crippen LogP contribution in [-0.4, -0.2) is 22.3 Å². The summed E-state index contributed by atoms with van der Waals surface area (Å²) in [6.07, 6.45) is 8.32. The first kappa shape index (κ1) is 11.2. The van der Waals surface area contributed by atoms with E-state index in [4.69, 9.17) is 10.3 Å². The van der Waals surface area contributed by atoms with Gasteiger partial charge in [0.05, 0.1) is 6.04 Å². The molecule has 1 saturated carbocycles. The van der Waals surface area contributed by atoms with Gasteiger partial charge >= 0.3 is 5.97 Å². The zero-order valence-electron chi connectivity index (χ0n) is 8.15. The molecular weight excluding hydrogens is 182 g/mol. The second kappa shape index (κ2) is 5.78. The number of aliphatic carboxylic acids is 1. The monoisotopic (exact) mass is 199 g/mol. The van der Waals surface area contributed by atoms with Crippen LogP contribution < -0.4 is 5.48 Å². The van der Waals surface area contributed by atoms with E-state index in [1.54, 1.807) is 0 Å². The molecule has 14 heavy (non-hydrogen) atoms. The van der Waals surface area contributed by atoms with Crippen LogP contribution in [0.15, 0.2) is 12.2 Å². The zero-order valence-corrected chi connectivity index (χ0v) is 8.15. The lowest BCUT2D eigenvalue weighted by atomic mass is 9.84. The van der Waals surface area contributed by atoms with Crippen molar-refractivity contribution >= 4 is 5.97 Å². The molecule has 1 aliphatic carbocycles. The van der Waals surface area contributed by atoms with Gasteiger partial charge in [-0.2, -0.15) is 5.48 Å². The quantitative estimate of drug-likeness (QED) is 0.474. The number of carboxylic acid groups (broad SMARTS) is 1. The van der Waals surface area contributed by atoms with Crippen LogP contribution in [0.5, 0.6) is 0 Å². The van der Waals surface area contributed by atoms with Crippen molar-refractivity contribution < 1.29 is 15.1 Å². The first-order chi connectivity index (χ1) is 6.74. The van der Waals surface area contributed by atoms with Gasteiger partial charge in [0.15, 0.2) is 0 Å². The van der Waals surface area contributed by atoms with Crippen molar-refractivity contribution in [3.8, 4) is 0 Å². The Kier molecular flexibility index (Phi) is 4.62. The Balaban J connectivity index is 2.47. The van der Waals surface area contributed by atoms with Crippen molar-refractivity contribution in [2.75, 3.05) is 0 Å². The van der Waals surface area contributed by atoms with Crippen LogP contribution in [-0.2, 0) is 4.79 Å². The van der Waals surface area contributed by atoms with Crippen LogP contribution >= 0.6 is 0 Å².